The lowest BCUT2D eigenvalue weighted by molar-refractivity contribution is 0.816. The average Bonchev–Trinajstić information content (AvgIpc) is 2.47. The van der Waals surface area contributed by atoms with E-state index < -0.39 is 0 Å². The lowest BCUT2D eigenvalue weighted by atomic mass is 10.1. The zero-order valence-corrected chi connectivity index (χ0v) is 12.5. The van der Waals surface area contributed by atoms with Crippen molar-refractivity contribution < 1.29 is 0 Å². The number of aromatic nitrogens is 3. The molecule has 0 fully saturated rings. The van der Waals surface area contributed by atoms with Crippen LogP contribution in [0.2, 0.25) is 0 Å². The standard InChI is InChI=1S/C15H22N6/c1-11(2)13-9-14(21-15(16)20-13)19-8-4-7-18-12-5-3-6-17-10-12/h3,5-6,9-11,18H,4,7-8H2,1-2H3,(H3,16,19,20,21). The van der Waals surface area contributed by atoms with E-state index in [0.717, 1.165) is 36.7 Å². The topological polar surface area (TPSA) is 88.8 Å². The number of rotatable bonds is 7. The quantitative estimate of drug-likeness (QED) is 0.678. The molecule has 0 aliphatic carbocycles. The Bertz CT molecular complexity index is 555. The van der Waals surface area contributed by atoms with Crippen molar-refractivity contribution in [3.8, 4) is 0 Å². The summed E-state index contributed by atoms with van der Waals surface area (Å²) < 4.78 is 0. The number of hydrogen-bond acceptors (Lipinski definition) is 6. The normalized spacial score (nSPS) is 10.6. The minimum atomic E-state index is 0.317. The van der Waals surface area contributed by atoms with Gasteiger partial charge < -0.3 is 16.4 Å². The summed E-state index contributed by atoms with van der Waals surface area (Å²) in [7, 11) is 0. The first-order valence-corrected chi connectivity index (χ1v) is 7.17. The number of nitrogens with one attached hydrogen (secondary N) is 2. The van der Waals surface area contributed by atoms with Gasteiger partial charge >= 0.3 is 0 Å². The zero-order chi connectivity index (χ0) is 15.1. The van der Waals surface area contributed by atoms with Crippen molar-refractivity contribution in [2.45, 2.75) is 26.2 Å². The highest BCUT2D eigenvalue weighted by atomic mass is 15.1. The Kier molecular flexibility index (Phi) is 5.31. The maximum atomic E-state index is 5.72. The Labute approximate surface area is 125 Å². The smallest absolute Gasteiger partial charge is 0.222 e. The van der Waals surface area contributed by atoms with Crippen LogP contribution in [-0.4, -0.2) is 28.0 Å². The van der Waals surface area contributed by atoms with E-state index in [2.05, 4.69) is 39.4 Å². The SMILES string of the molecule is CC(C)c1cc(NCCCNc2cccnc2)nc(N)n1. The molecule has 0 bridgehead atoms. The summed E-state index contributed by atoms with van der Waals surface area (Å²) in [6, 6.07) is 5.87. The molecule has 2 rings (SSSR count). The fourth-order valence-electron chi connectivity index (χ4n) is 1.88. The van der Waals surface area contributed by atoms with Crippen molar-refractivity contribution >= 4 is 17.5 Å². The molecular weight excluding hydrogens is 264 g/mol. The van der Waals surface area contributed by atoms with Crippen LogP contribution in [-0.2, 0) is 0 Å². The van der Waals surface area contributed by atoms with Gasteiger partial charge in [0, 0.05) is 31.5 Å². The summed E-state index contributed by atoms with van der Waals surface area (Å²) in [5.41, 5.74) is 7.71. The van der Waals surface area contributed by atoms with Crippen molar-refractivity contribution in [1.82, 2.24) is 15.0 Å². The highest BCUT2D eigenvalue weighted by Gasteiger charge is 2.05. The highest BCUT2D eigenvalue weighted by Crippen LogP contribution is 2.16. The Morgan fingerprint density at radius 2 is 2.00 bits per heavy atom. The highest BCUT2D eigenvalue weighted by molar-refractivity contribution is 5.41. The minimum Gasteiger partial charge on any atom is -0.384 e. The second kappa shape index (κ2) is 7.42. The van der Waals surface area contributed by atoms with Crippen molar-refractivity contribution in [2.75, 3.05) is 29.5 Å². The van der Waals surface area contributed by atoms with E-state index in [4.69, 9.17) is 5.73 Å². The van der Waals surface area contributed by atoms with Gasteiger partial charge in [0.25, 0.3) is 0 Å². The molecule has 21 heavy (non-hydrogen) atoms. The molecule has 0 radical (unpaired) electrons. The molecular formula is C15H22N6. The molecule has 0 spiro atoms. The third-order valence-electron chi connectivity index (χ3n) is 3.01. The first-order chi connectivity index (χ1) is 10.1. The lowest BCUT2D eigenvalue weighted by Gasteiger charge is -2.10. The number of nitrogens with two attached hydrogens (primary N) is 1. The molecule has 4 N–H and O–H groups in total. The third kappa shape index (κ3) is 4.91. The minimum absolute atomic E-state index is 0.317. The van der Waals surface area contributed by atoms with E-state index in [1.807, 2.05) is 24.4 Å². The molecule has 0 saturated heterocycles. The summed E-state index contributed by atoms with van der Waals surface area (Å²) in [4.78, 5) is 12.5. The fourth-order valence-corrected chi connectivity index (χ4v) is 1.88. The molecule has 6 heteroatoms. The van der Waals surface area contributed by atoms with Crippen molar-refractivity contribution in [3.63, 3.8) is 0 Å². The molecule has 2 aromatic heterocycles. The van der Waals surface area contributed by atoms with Gasteiger partial charge in [0.15, 0.2) is 0 Å². The van der Waals surface area contributed by atoms with Gasteiger partial charge in [0.2, 0.25) is 5.95 Å². The second-order valence-corrected chi connectivity index (χ2v) is 5.14. The van der Waals surface area contributed by atoms with Crippen molar-refractivity contribution in [3.05, 3.63) is 36.3 Å². The first-order valence-electron chi connectivity index (χ1n) is 7.17. The molecule has 0 aliphatic rings. The maximum Gasteiger partial charge on any atom is 0.222 e. The van der Waals surface area contributed by atoms with Gasteiger partial charge in [-0.25, -0.2) is 4.98 Å². The van der Waals surface area contributed by atoms with Crippen molar-refractivity contribution in [1.29, 1.82) is 0 Å². The van der Waals surface area contributed by atoms with Crippen LogP contribution in [0.3, 0.4) is 0 Å². The van der Waals surface area contributed by atoms with Gasteiger partial charge in [0.05, 0.1) is 11.4 Å². The summed E-state index contributed by atoms with van der Waals surface area (Å²) >= 11 is 0. The summed E-state index contributed by atoms with van der Waals surface area (Å²) in [6.07, 6.45) is 4.54. The molecule has 0 aliphatic heterocycles. The zero-order valence-electron chi connectivity index (χ0n) is 12.5. The van der Waals surface area contributed by atoms with E-state index in [9.17, 15) is 0 Å². The van der Waals surface area contributed by atoms with E-state index in [1.54, 1.807) is 6.20 Å². The molecule has 0 atom stereocenters. The molecule has 6 nitrogen and oxygen atoms in total. The molecule has 0 unspecified atom stereocenters. The van der Waals surface area contributed by atoms with Crippen LogP contribution in [0.25, 0.3) is 0 Å². The van der Waals surface area contributed by atoms with Crippen LogP contribution in [0, 0.1) is 0 Å². The van der Waals surface area contributed by atoms with Gasteiger partial charge in [0.1, 0.15) is 5.82 Å². The molecule has 0 aromatic carbocycles. The average molecular weight is 286 g/mol. The van der Waals surface area contributed by atoms with Crippen molar-refractivity contribution in [2.24, 2.45) is 0 Å². The molecule has 0 amide bonds. The van der Waals surface area contributed by atoms with Crippen LogP contribution >= 0.6 is 0 Å². The van der Waals surface area contributed by atoms with E-state index in [0.29, 0.717) is 11.9 Å². The second-order valence-electron chi connectivity index (χ2n) is 5.14. The predicted molar refractivity (Wildman–Crippen MR) is 86.4 cm³/mol. The van der Waals surface area contributed by atoms with Gasteiger partial charge in [-0.2, -0.15) is 4.98 Å². The van der Waals surface area contributed by atoms with Crippen LogP contribution < -0.4 is 16.4 Å². The third-order valence-corrected chi connectivity index (χ3v) is 3.01. The molecule has 112 valence electrons. The number of hydrogen-bond donors (Lipinski definition) is 3. The summed E-state index contributed by atoms with van der Waals surface area (Å²) in [5.74, 6) is 1.44. The van der Waals surface area contributed by atoms with Gasteiger partial charge in [-0.3, -0.25) is 4.98 Å². The first kappa shape index (κ1) is 15.0. The number of pyridine rings is 1. The molecule has 2 aromatic rings. The largest absolute Gasteiger partial charge is 0.384 e. The number of nitrogens with zero attached hydrogens (tertiary/aromatic N) is 3. The van der Waals surface area contributed by atoms with Crippen LogP contribution in [0.5, 0.6) is 0 Å². The van der Waals surface area contributed by atoms with Crippen LogP contribution in [0.1, 0.15) is 31.9 Å². The predicted octanol–water partition coefficient (Wildman–Crippen LogP) is 2.49. The summed E-state index contributed by atoms with van der Waals surface area (Å²) in [5, 5.41) is 6.59. The monoisotopic (exact) mass is 286 g/mol. The number of nitrogen functional groups attached to an aromatic ring is 1. The molecule has 2 heterocycles. The van der Waals surface area contributed by atoms with Gasteiger partial charge in [-0.1, -0.05) is 13.8 Å². The van der Waals surface area contributed by atoms with Gasteiger partial charge in [-0.05, 0) is 24.5 Å². The van der Waals surface area contributed by atoms with Crippen LogP contribution in [0.4, 0.5) is 17.5 Å². The Morgan fingerprint density at radius 3 is 2.71 bits per heavy atom. The van der Waals surface area contributed by atoms with E-state index in [-0.39, 0.29) is 0 Å². The maximum absolute atomic E-state index is 5.72. The Hall–Kier alpha value is -2.37. The molecule has 0 saturated carbocycles. The van der Waals surface area contributed by atoms with E-state index >= 15 is 0 Å². The summed E-state index contributed by atoms with van der Waals surface area (Å²) in [6.45, 7) is 5.87. The van der Waals surface area contributed by atoms with E-state index in [1.165, 1.54) is 0 Å². The number of anilines is 3. The Balaban J connectivity index is 1.76. The van der Waals surface area contributed by atoms with Crippen LogP contribution in [0.15, 0.2) is 30.6 Å². The van der Waals surface area contributed by atoms with Gasteiger partial charge in [-0.15, -0.1) is 0 Å². The lowest BCUT2D eigenvalue weighted by Crippen LogP contribution is -2.11. The Morgan fingerprint density at radius 1 is 1.19 bits per heavy atom. The fraction of sp³-hybridized carbons (Fsp3) is 0.400.